The Kier molecular flexibility index (Phi) is 5.89. The molecule has 0 radical (unpaired) electrons. The lowest BCUT2D eigenvalue weighted by atomic mass is 10.2. The number of nitrogens with one attached hydrogen (secondary N) is 2. The fourth-order valence-electron chi connectivity index (χ4n) is 2.15. The van der Waals surface area contributed by atoms with Crippen molar-refractivity contribution in [2.45, 2.75) is 27.2 Å². The summed E-state index contributed by atoms with van der Waals surface area (Å²) < 4.78 is 0. The van der Waals surface area contributed by atoms with Crippen LogP contribution in [0, 0.1) is 6.92 Å². The fourth-order valence-corrected chi connectivity index (χ4v) is 2.15. The lowest BCUT2D eigenvalue weighted by molar-refractivity contribution is -0.115. The average molecular weight is 326 g/mol. The summed E-state index contributed by atoms with van der Waals surface area (Å²) >= 11 is 0. The molecule has 2 heterocycles. The van der Waals surface area contributed by atoms with Crippen molar-refractivity contribution in [1.29, 1.82) is 0 Å². The van der Waals surface area contributed by atoms with Gasteiger partial charge in [-0.2, -0.15) is 0 Å². The third-order valence-electron chi connectivity index (χ3n) is 3.18. The van der Waals surface area contributed by atoms with Gasteiger partial charge < -0.3 is 10.6 Å². The van der Waals surface area contributed by atoms with E-state index in [9.17, 15) is 9.59 Å². The minimum Gasteiger partial charge on any atom is -0.323 e. The highest BCUT2D eigenvalue weighted by Crippen LogP contribution is 2.29. The van der Waals surface area contributed by atoms with Crippen LogP contribution >= 0.6 is 0 Å². The van der Waals surface area contributed by atoms with Gasteiger partial charge in [-0.1, -0.05) is 32.4 Å². The molecule has 1 aromatic heterocycles. The number of rotatable bonds is 1. The van der Waals surface area contributed by atoms with E-state index in [1.165, 1.54) is 11.3 Å². The van der Waals surface area contributed by atoms with Crippen LogP contribution in [0.4, 0.5) is 21.9 Å². The molecule has 6 heteroatoms. The van der Waals surface area contributed by atoms with Crippen LogP contribution in [0.3, 0.4) is 0 Å². The lowest BCUT2D eigenvalue weighted by Gasteiger charge is -2.29. The molecule has 1 aliphatic heterocycles. The Morgan fingerprint density at radius 3 is 2.62 bits per heavy atom. The zero-order chi connectivity index (χ0) is 17.5. The van der Waals surface area contributed by atoms with Gasteiger partial charge >= 0.3 is 6.03 Å². The summed E-state index contributed by atoms with van der Waals surface area (Å²) in [5, 5.41) is 5.49. The molecule has 3 amide bonds. The summed E-state index contributed by atoms with van der Waals surface area (Å²) in [6.45, 7) is 6.11. The van der Waals surface area contributed by atoms with Gasteiger partial charge in [0.15, 0.2) is 0 Å². The molecule has 24 heavy (non-hydrogen) atoms. The van der Waals surface area contributed by atoms with Gasteiger partial charge in [0.2, 0.25) is 5.91 Å². The number of urea groups is 1. The summed E-state index contributed by atoms with van der Waals surface area (Å²) in [5.41, 5.74) is 2.77. The van der Waals surface area contributed by atoms with E-state index < -0.39 is 0 Å². The summed E-state index contributed by atoms with van der Waals surface area (Å²) in [5.74, 6) is -0.217. The third kappa shape index (κ3) is 4.32. The monoisotopic (exact) mass is 326 g/mol. The minimum absolute atomic E-state index is 0.0118. The Balaban J connectivity index is 0.000000647. The summed E-state index contributed by atoms with van der Waals surface area (Å²) in [6, 6.07) is 10.4. The number of anilines is 3. The number of aromatic nitrogens is 1. The van der Waals surface area contributed by atoms with Gasteiger partial charge in [-0.25, -0.2) is 4.79 Å². The molecule has 2 aromatic rings. The lowest BCUT2D eigenvalue weighted by Crippen LogP contribution is -2.44. The summed E-state index contributed by atoms with van der Waals surface area (Å²) in [4.78, 5) is 29.6. The SMILES string of the molecule is CCC.Cc1ccc(NC(=O)N2CC(=O)Nc3ccccc32)cn1. The summed E-state index contributed by atoms with van der Waals surface area (Å²) in [7, 11) is 0. The van der Waals surface area contributed by atoms with Crippen molar-refractivity contribution in [2.24, 2.45) is 0 Å². The molecule has 0 saturated heterocycles. The van der Waals surface area contributed by atoms with Crippen molar-refractivity contribution in [3.63, 3.8) is 0 Å². The van der Waals surface area contributed by atoms with Gasteiger partial charge in [0.1, 0.15) is 6.54 Å². The van der Waals surface area contributed by atoms with Gasteiger partial charge in [0.25, 0.3) is 0 Å². The highest BCUT2D eigenvalue weighted by atomic mass is 16.2. The van der Waals surface area contributed by atoms with E-state index in [0.29, 0.717) is 17.1 Å². The average Bonchev–Trinajstić information content (AvgIpc) is 2.57. The first-order valence-corrected chi connectivity index (χ1v) is 7.95. The van der Waals surface area contributed by atoms with Crippen LogP contribution in [0.5, 0.6) is 0 Å². The minimum atomic E-state index is -0.358. The molecule has 6 nitrogen and oxygen atoms in total. The highest BCUT2D eigenvalue weighted by Gasteiger charge is 2.26. The number of carbonyl (C=O) groups is 2. The molecule has 0 fully saturated rings. The van der Waals surface area contributed by atoms with Gasteiger partial charge in [0.05, 0.1) is 23.3 Å². The maximum absolute atomic E-state index is 12.4. The number of hydrogen-bond acceptors (Lipinski definition) is 3. The largest absolute Gasteiger partial charge is 0.326 e. The van der Waals surface area contributed by atoms with E-state index in [0.717, 1.165) is 5.69 Å². The molecule has 0 saturated carbocycles. The van der Waals surface area contributed by atoms with Crippen LogP contribution in [0.25, 0.3) is 0 Å². The Hall–Kier alpha value is -2.89. The predicted molar refractivity (Wildman–Crippen MR) is 96.4 cm³/mol. The van der Waals surface area contributed by atoms with Crippen molar-refractivity contribution in [3.8, 4) is 0 Å². The van der Waals surface area contributed by atoms with Gasteiger partial charge in [-0.3, -0.25) is 14.7 Å². The Bertz CT molecular complexity index is 713. The predicted octanol–water partition coefficient (Wildman–Crippen LogP) is 3.80. The van der Waals surface area contributed by atoms with Crippen LogP contribution in [0.1, 0.15) is 26.0 Å². The quantitative estimate of drug-likeness (QED) is 0.837. The molecule has 0 unspecified atom stereocenters. The molecule has 1 aliphatic rings. The maximum atomic E-state index is 12.4. The number of benzene rings is 1. The first-order valence-electron chi connectivity index (χ1n) is 7.95. The van der Waals surface area contributed by atoms with Gasteiger partial charge in [-0.15, -0.1) is 0 Å². The second-order valence-electron chi connectivity index (χ2n) is 5.48. The number of amides is 3. The molecule has 3 rings (SSSR count). The standard InChI is InChI=1S/C15H14N4O2.C3H8/c1-10-6-7-11(8-16-10)17-15(21)19-9-14(20)18-12-4-2-3-5-13(12)19;1-3-2/h2-8H,9H2,1H3,(H,17,21)(H,18,20);3H2,1-2H3. The molecule has 0 spiro atoms. The van der Waals surface area contributed by atoms with Crippen molar-refractivity contribution < 1.29 is 9.59 Å². The molecule has 1 aromatic carbocycles. The number of hydrogen-bond donors (Lipinski definition) is 2. The second kappa shape index (κ2) is 8.10. The normalized spacial score (nSPS) is 12.5. The van der Waals surface area contributed by atoms with Gasteiger partial charge in [0, 0.05) is 5.69 Å². The Morgan fingerprint density at radius 2 is 1.96 bits per heavy atom. The molecular weight excluding hydrogens is 304 g/mol. The molecule has 0 bridgehead atoms. The number of aryl methyl sites for hydroxylation is 1. The van der Waals surface area contributed by atoms with Gasteiger partial charge in [-0.05, 0) is 31.2 Å². The van der Waals surface area contributed by atoms with Crippen LogP contribution in [0.15, 0.2) is 42.6 Å². The van der Waals surface area contributed by atoms with E-state index in [1.54, 1.807) is 24.4 Å². The maximum Gasteiger partial charge on any atom is 0.326 e. The van der Waals surface area contributed by atoms with E-state index in [1.807, 2.05) is 25.1 Å². The van der Waals surface area contributed by atoms with Crippen LogP contribution in [-0.2, 0) is 4.79 Å². The zero-order valence-electron chi connectivity index (χ0n) is 14.2. The number of carbonyl (C=O) groups excluding carboxylic acids is 2. The first kappa shape index (κ1) is 17.5. The highest BCUT2D eigenvalue weighted by molar-refractivity contribution is 6.12. The van der Waals surface area contributed by atoms with Crippen LogP contribution in [0.2, 0.25) is 0 Å². The van der Waals surface area contributed by atoms with Crippen LogP contribution in [-0.4, -0.2) is 23.5 Å². The van der Waals surface area contributed by atoms with Crippen molar-refractivity contribution >= 4 is 29.0 Å². The van der Waals surface area contributed by atoms with Crippen molar-refractivity contribution in [1.82, 2.24) is 4.98 Å². The number of fused-ring (bicyclic) bond motifs is 1. The topological polar surface area (TPSA) is 74.3 Å². The first-order chi connectivity index (χ1) is 11.5. The fraction of sp³-hybridized carbons (Fsp3) is 0.278. The third-order valence-corrected chi connectivity index (χ3v) is 3.18. The van der Waals surface area contributed by atoms with Crippen molar-refractivity contribution in [2.75, 3.05) is 22.1 Å². The van der Waals surface area contributed by atoms with Crippen LogP contribution < -0.4 is 15.5 Å². The Morgan fingerprint density at radius 1 is 1.25 bits per heavy atom. The second-order valence-corrected chi connectivity index (χ2v) is 5.48. The number of para-hydroxylation sites is 2. The van der Waals surface area contributed by atoms with E-state index >= 15 is 0 Å². The Labute approximate surface area is 141 Å². The molecule has 126 valence electrons. The molecular formula is C18H22N4O2. The number of nitrogens with zero attached hydrogens (tertiary/aromatic N) is 2. The smallest absolute Gasteiger partial charge is 0.323 e. The zero-order valence-corrected chi connectivity index (χ0v) is 14.2. The molecule has 2 N–H and O–H groups in total. The van der Waals surface area contributed by atoms with E-state index in [2.05, 4.69) is 29.5 Å². The summed E-state index contributed by atoms with van der Waals surface area (Å²) in [6.07, 6.45) is 2.84. The van der Waals surface area contributed by atoms with E-state index in [-0.39, 0.29) is 18.5 Å². The number of pyridine rings is 1. The van der Waals surface area contributed by atoms with E-state index in [4.69, 9.17) is 0 Å². The van der Waals surface area contributed by atoms with Crippen molar-refractivity contribution in [3.05, 3.63) is 48.3 Å². The molecule has 0 aliphatic carbocycles. The molecule has 0 atom stereocenters.